The van der Waals surface area contributed by atoms with Crippen LogP contribution in [-0.4, -0.2) is 24.8 Å². The summed E-state index contributed by atoms with van der Waals surface area (Å²) in [5.74, 6) is 0.0464. The number of halogens is 1. The minimum absolute atomic E-state index is 0.449. The molecule has 0 aliphatic carbocycles. The number of ketones is 1. The molecule has 0 saturated carbocycles. The predicted octanol–water partition coefficient (Wildman–Crippen LogP) is 3.70. The summed E-state index contributed by atoms with van der Waals surface area (Å²) in [5.41, 5.74) is 2.08. The van der Waals surface area contributed by atoms with E-state index in [1.54, 1.807) is 6.07 Å². The number of Topliss-reactive ketones (excluding diaryl/α,β-unsaturated/α-hetero) is 1. The van der Waals surface area contributed by atoms with Gasteiger partial charge in [0, 0.05) is 17.6 Å². The highest BCUT2D eigenvalue weighted by Crippen LogP contribution is 2.36. The van der Waals surface area contributed by atoms with E-state index in [9.17, 15) is 9.59 Å². The molecule has 1 aliphatic heterocycles. The highest BCUT2D eigenvalue weighted by atomic mass is 79.9. The first-order chi connectivity index (χ1) is 9.79. The van der Waals surface area contributed by atoms with Crippen LogP contribution in [0.3, 0.4) is 0 Å². The Morgan fingerprint density at radius 1 is 1.10 bits per heavy atom. The number of amides is 1. The number of hydrogen-bond acceptors (Lipinski definition) is 3. The van der Waals surface area contributed by atoms with Crippen LogP contribution < -0.4 is 10.2 Å². The zero-order chi connectivity index (χ0) is 15.7. The summed E-state index contributed by atoms with van der Waals surface area (Å²) >= 11 is 3.54. The van der Waals surface area contributed by atoms with Crippen LogP contribution in [0, 0.1) is 11.8 Å². The Morgan fingerprint density at radius 3 is 2.19 bits per heavy atom. The molecule has 0 fully saturated rings. The summed E-state index contributed by atoms with van der Waals surface area (Å²) < 4.78 is 0.854. The van der Waals surface area contributed by atoms with Gasteiger partial charge in [0.1, 0.15) is 0 Å². The Bertz CT molecular complexity index is 572. The van der Waals surface area contributed by atoms with Crippen molar-refractivity contribution >= 4 is 39.0 Å². The molecule has 1 aromatic rings. The number of nitrogens with one attached hydrogen (secondary N) is 1. The Balaban J connectivity index is 2.40. The van der Waals surface area contributed by atoms with E-state index in [2.05, 4.69) is 53.8 Å². The van der Waals surface area contributed by atoms with E-state index in [0.717, 1.165) is 23.2 Å². The lowest BCUT2D eigenvalue weighted by Gasteiger charge is -2.29. The third kappa shape index (κ3) is 3.46. The minimum atomic E-state index is -0.548. The molecule has 1 aromatic carbocycles. The summed E-state index contributed by atoms with van der Waals surface area (Å²) in [7, 11) is 0. The average molecular weight is 353 g/mol. The molecule has 2 rings (SSSR count). The first kappa shape index (κ1) is 16.0. The van der Waals surface area contributed by atoms with Crippen molar-refractivity contribution in [2.75, 3.05) is 23.3 Å². The number of carbonyl (C=O) groups is 2. The van der Waals surface area contributed by atoms with E-state index in [4.69, 9.17) is 0 Å². The second-order valence-corrected chi connectivity index (χ2v) is 7.18. The molecular formula is C16H21BrN2O2. The van der Waals surface area contributed by atoms with E-state index in [1.165, 1.54) is 0 Å². The molecule has 4 nitrogen and oxygen atoms in total. The largest absolute Gasteiger partial charge is 0.370 e. The van der Waals surface area contributed by atoms with Gasteiger partial charge in [-0.2, -0.15) is 0 Å². The summed E-state index contributed by atoms with van der Waals surface area (Å²) in [4.78, 5) is 25.5. The van der Waals surface area contributed by atoms with Crippen molar-refractivity contribution in [3.05, 3.63) is 22.2 Å². The van der Waals surface area contributed by atoms with Crippen LogP contribution >= 0.6 is 15.9 Å². The van der Waals surface area contributed by atoms with Crippen molar-refractivity contribution in [1.29, 1.82) is 0 Å². The Labute approximate surface area is 134 Å². The quantitative estimate of drug-likeness (QED) is 0.821. The average Bonchev–Trinajstić information content (AvgIpc) is 2.63. The second-order valence-electron chi connectivity index (χ2n) is 6.33. The summed E-state index contributed by atoms with van der Waals surface area (Å²) in [6.07, 6.45) is 0. The zero-order valence-electron chi connectivity index (χ0n) is 12.9. The van der Waals surface area contributed by atoms with Crippen molar-refractivity contribution < 1.29 is 9.59 Å². The van der Waals surface area contributed by atoms with Crippen molar-refractivity contribution in [3.63, 3.8) is 0 Å². The number of nitrogens with zero attached hydrogens (tertiary/aromatic N) is 1. The number of anilines is 2. The highest BCUT2D eigenvalue weighted by Gasteiger charge is 2.29. The monoisotopic (exact) mass is 352 g/mol. The second kappa shape index (κ2) is 6.18. The maximum Gasteiger partial charge on any atom is 0.296 e. The lowest BCUT2D eigenvalue weighted by molar-refractivity contribution is -0.112. The maximum atomic E-state index is 11.7. The Morgan fingerprint density at radius 2 is 1.67 bits per heavy atom. The Kier molecular flexibility index (Phi) is 4.71. The SMILES string of the molecule is CC(C)CN(CC(C)C)c1cc2c(cc1Br)C(=O)C(=O)N2. The summed E-state index contributed by atoms with van der Waals surface area (Å²) in [6.45, 7) is 10.6. The molecule has 0 unspecified atom stereocenters. The fourth-order valence-corrected chi connectivity index (χ4v) is 3.14. The smallest absolute Gasteiger partial charge is 0.296 e. The van der Waals surface area contributed by atoms with Gasteiger partial charge >= 0.3 is 0 Å². The van der Waals surface area contributed by atoms with Crippen molar-refractivity contribution in [2.45, 2.75) is 27.7 Å². The van der Waals surface area contributed by atoms with Gasteiger partial charge in [-0.3, -0.25) is 9.59 Å². The van der Waals surface area contributed by atoms with Gasteiger partial charge in [0.05, 0.1) is 16.9 Å². The van der Waals surface area contributed by atoms with E-state index in [0.29, 0.717) is 23.1 Å². The van der Waals surface area contributed by atoms with Crippen molar-refractivity contribution in [1.82, 2.24) is 0 Å². The number of hydrogen-bond donors (Lipinski definition) is 1. The molecule has 5 heteroatoms. The lowest BCUT2D eigenvalue weighted by Crippen LogP contribution is -2.31. The van der Waals surface area contributed by atoms with Crippen LogP contribution in [0.25, 0.3) is 0 Å². The van der Waals surface area contributed by atoms with Gasteiger partial charge in [0.15, 0.2) is 0 Å². The van der Waals surface area contributed by atoms with Gasteiger partial charge in [-0.1, -0.05) is 27.7 Å². The summed E-state index contributed by atoms with van der Waals surface area (Å²) in [5, 5.41) is 2.64. The normalized spacial score (nSPS) is 13.9. The third-order valence-electron chi connectivity index (χ3n) is 3.30. The van der Waals surface area contributed by atoms with Crippen LogP contribution in [0.4, 0.5) is 11.4 Å². The lowest BCUT2D eigenvalue weighted by atomic mass is 10.1. The molecule has 0 radical (unpaired) electrons. The zero-order valence-corrected chi connectivity index (χ0v) is 14.5. The summed E-state index contributed by atoms with van der Waals surface area (Å²) in [6, 6.07) is 3.64. The topological polar surface area (TPSA) is 49.4 Å². The number of fused-ring (bicyclic) bond motifs is 1. The van der Waals surface area contributed by atoms with Gasteiger partial charge < -0.3 is 10.2 Å². The van der Waals surface area contributed by atoms with Gasteiger partial charge in [-0.15, -0.1) is 0 Å². The molecule has 0 saturated heterocycles. The molecule has 0 atom stereocenters. The van der Waals surface area contributed by atoms with Crippen LogP contribution in [0.2, 0.25) is 0 Å². The van der Waals surface area contributed by atoms with E-state index in [-0.39, 0.29) is 0 Å². The molecule has 0 bridgehead atoms. The number of rotatable bonds is 5. The van der Waals surface area contributed by atoms with Crippen LogP contribution in [0.15, 0.2) is 16.6 Å². The molecule has 21 heavy (non-hydrogen) atoms. The fraction of sp³-hybridized carbons (Fsp3) is 0.500. The molecule has 1 heterocycles. The van der Waals surface area contributed by atoms with Crippen LogP contribution in [-0.2, 0) is 4.79 Å². The number of benzene rings is 1. The molecule has 1 N–H and O–H groups in total. The van der Waals surface area contributed by atoms with E-state index >= 15 is 0 Å². The highest BCUT2D eigenvalue weighted by molar-refractivity contribution is 9.10. The molecule has 0 spiro atoms. The van der Waals surface area contributed by atoms with Gasteiger partial charge in [0.25, 0.3) is 11.7 Å². The van der Waals surface area contributed by atoms with E-state index in [1.807, 2.05) is 6.07 Å². The fourth-order valence-electron chi connectivity index (χ4n) is 2.55. The molecule has 0 aromatic heterocycles. The standard InChI is InChI=1S/C16H21BrN2O2/c1-9(2)7-19(8-10(3)4)14-6-13-11(5-12(14)17)15(20)16(21)18-13/h5-6,9-10H,7-8H2,1-4H3,(H,18,20,21). The number of carbonyl (C=O) groups excluding carboxylic acids is 2. The van der Waals surface area contributed by atoms with Gasteiger partial charge in [-0.25, -0.2) is 0 Å². The van der Waals surface area contributed by atoms with E-state index < -0.39 is 11.7 Å². The molecule has 1 aliphatic rings. The third-order valence-corrected chi connectivity index (χ3v) is 3.93. The molecule has 114 valence electrons. The Hall–Kier alpha value is -1.36. The van der Waals surface area contributed by atoms with Crippen molar-refractivity contribution in [2.24, 2.45) is 11.8 Å². The van der Waals surface area contributed by atoms with Crippen LogP contribution in [0.5, 0.6) is 0 Å². The maximum absolute atomic E-state index is 11.7. The molecular weight excluding hydrogens is 332 g/mol. The van der Waals surface area contributed by atoms with Crippen molar-refractivity contribution in [3.8, 4) is 0 Å². The molecule has 1 amide bonds. The van der Waals surface area contributed by atoms with Gasteiger partial charge in [0.2, 0.25) is 0 Å². The first-order valence-corrected chi connectivity index (χ1v) is 8.03. The predicted molar refractivity (Wildman–Crippen MR) is 89.0 cm³/mol. The van der Waals surface area contributed by atoms with Crippen LogP contribution in [0.1, 0.15) is 38.1 Å². The van der Waals surface area contributed by atoms with Gasteiger partial charge in [-0.05, 0) is 39.9 Å². The minimum Gasteiger partial charge on any atom is -0.370 e. The first-order valence-electron chi connectivity index (χ1n) is 7.23.